The van der Waals surface area contributed by atoms with Gasteiger partial charge in [0.05, 0.1) is 17.1 Å². The van der Waals surface area contributed by atoms with Crippen molar-refractivity contribution in [3.05, 3.63) is 63.2 Å². The highest BCUT2D eigenvalue weighted by atomic mass is 16.2. The number of fused-ring (bicyclic) bond motifs is 1. The van der Waals surface area contributed by atoms with Crippen LogP contribution in [0.15, 0.2) is 46.1 Å². The van der Waals surface area contributed by atoms with Crippen LogP contribution >= 0.6 is 0 Å². The van der Waals surface area contributed by atoms with Crippen LogP contribution in [0.2, 0.25) is 0 Å². The maximum atomic E-state index is 12.8. The molecule has 8 nitrogen and oxygen atoms in total. The molecule has 1 aliphatic rings. The Morgan fingerprint density at radius 1 is 1.26 bits per heavy atom. The summed E-state index contributed by atoms with van der Waals surface area (Å²) in [5.41, 5.74) is 1.04. The minimum Gasteiger partial charge on any atom is -0.332 e. The van der Waals surface area contributed by atoms with Gasteiger partial charge in [0.15, 0.2) is 0 Å². The third-order valence-corrected chi connectivity index (χ3v) is 5.16. The molecule has 2 aromatic heterocycles. The van der Waals surface area contributed by atoms with Gasteiger partial charge in [-0.1, -0.05) is 12.1 Å². The highest BCUT2D eigenvalue weighted by Crippen LogP contribution is 2.33. The van der Waals surface area contributed by atoms with Crippen LogP contribution in [0.5, 0.6) is 0 Å². The summed E-state index contributed by atoms with van der Waals surface area (Å²) in [6.45, 7) is 0.924. The average molecular weight is 367 g/mol. The summed E-state index contributed by atoms with van der Waals surface area (Å²) in [4.78, 5) is 44.5. The van der Waals surface area contributed by atoms with Gasteiger partial charge in [0.1, 0.15) is 5.82 Å². The van der Waals surface area contributed by atoms with Crippen LogP contribution < -0.4 is 11.2 Å². The second-order valence-corrected chi connectivity index (χ2v) is 6.82. The third-order valence-electron chi connectivity index (χ3n) is 5.16. The lowest BCUT2D eigenvalue weighted by atomic mass is 10.2. The molecule has 8 heteroatoms. The summed E-state index contributed by atoms with van der Waals surface area (Å²) in [7, 11) is 1.98. The number of aromatic nitrogens is 4. The molecule has 1 N–H and O–H groups in total. The number of benzene rings is 1. The van der Waals surface area contributed by atoms with Crippen LogP contribution in [0, 0.1) is 0 Å². The highest BCUT2D eigenvalue weighted by Gasteiger charge is 2.32. The molecule has 1 fully saturated rings. The van der Waals surface area contributed by atoms with Crippen LogP contribution in [0.3, 0.4) is 0 Å². The minimum atomic E-state index is -0.497. The fourth-order valence-electron chi connectivity index (χ4n) is 3.78. The number of aromatic amines is 1. The van der Waals surface area contributed by atoms with E-state index in [1.54, 1.807) is 0 Å². The van der Waals surface area contributed by atoms with Crippen molar-refractivity contribution in [3.8, 4) is 0 Å². The van der Waals surface area contributed by atoms with Crippen molar-refractivity contribution in [1.29, 1.82) is 0 Å². The molecule has 1 aliphatic heterocycles. The minimum absolute atomic E-state index is 0.0114. The van der Waals surface area contributed by atoms with Gasteiger partial charge in [0.2, 0.25) is 5.91 Å². The van der Waals surface area contributed by atoms with E-state index in [0.29, 0.717) is 6.54 Å². The number of rotatable bonds is 4. The quantitative estimate of drug-likeness (QED) is 0.749. The lowest BCUT2D eigenvalue weighted by molar-refractivity contribution is -0.132. The maximum Gasteiger partial charge on any atom is 0.328 e. The number of hydrogen-bond acceptors (Lipinski definition) is 4. The molecule has 0 aliphatic carbocycles. The Bertz CT molecular complexity index is 1110. The number of hydrogen-bond donors (Lipinski definition) is 1. The summed E-state index contributed by atoms with van der Waals surface area (Å²) in [5.74, 6) is 0.880. The Hall–Kier alpha value is -3.16. The van der Waals surface area contributed by atoms with Gasteiger partial charge in [-0.25, -0.2) is 9.78 Å². The predicted molar refractivity (Wildman–Crippen MR) is 100 cm³/mol. The normalized spacial score (nSPS) is 16.9. The Labute approximate surface area is 155 Å². The van der Waals surface area contributed by atoms with Crippen molar-refractivity contribution in [3.63, 3.8) is 0 Å². The van der Waals surface area contributed by atoms with Crippen molar-refractivity contribution in [2.45, 2.75) is 31.8 Å². The monoisotopic (exact) mass is 367 g/mol. The molecule has 1 atom stereocenters. The molecule has 4 rings (SSSR count). The zero-order valence-electron chi connectivity index (χ0n) is 15.1. The number of aryl methyl sites for hydroxylation is 2. The Kier molecular flexibility index (Phi) is 4.39. The molecule has 0 unspecified atom stereocenters. The summed E-state index contributed by atoms with van der Waals surface area (Å²) < 4.78 is 3.40. The standard InChI is InChI=1S/C19H21N5O3/c1-22-14-6-3-2-5-13(14)20-18(22)15-7-4-10-24(15)17(26)9-12-23-11-8-16(25)21-19(23)27/h2-3,5-6,8,11,15H,4,7,9-10,12H2,1H3,(H,21,25,27)/t15-/m1/s1. The van der Waals surface area contributed by atoms with Crippen molar-refractivity contribution in [2.75, 3.05) is 6.54 Å². The molecule has 140 valence electrons. The van der Waals surface area contributed by atoms with Gasteiger partial charge in [0, 0.05) is 38.8 Å². The van der Waals surface area contributed by atoms with Crippen molar-refractivity contribution in [1.82, 2.24) is 24.0 Å². The molecule has 0 bridgehead atoms. The number of nitrogens with zero attached hydrogens (tertiary/aromatic N) is 4. The molecule has 0 radical (unpaired) electrons. The van der Waals surface area contributed by atoms with Gasteiger partial charge in [-0.3, -0.25) is 14.6 Å². The predicted octanol–water partition coefficient (Wildman–Crippen LogP) is 1.18. The Morgan fingerprint density at radius 2 is 2.07 bits per heavy atom. The number of carbonyl (C=O) groups is 1. The molecule has 0 saturated carbocycles. The fourth-order valence-corrected chi connectivity index (χ4v) is 3.78. The van der Waals surface area contributed by atoms with Crippen molar-refractivity contribution in [2.24, 2.45) is 7.05 Å². The first-order chi connectivity index (χ1) is 13.0. The van der Waals surface area contributed by atoms with Crippen LogP contribution in [0.4, 0.5) is 0 Å². The van der Waals surface area contributed by atoms with Gasteiger partial charge in [-0.15, -0.1) is 0 Å². The summed E-state index contributed by atoms with van der Waals surface area (Å²) >= 11 is 0. The van der Waals surface area contributed by atoms with Crippen LogP contribution in [0.1, 0.15) is 31.1 Å². The number of nitrogens with one attached hydrogen (secondary N) is 1. The SMILES string of the molecule is Cn1c([C@H]2CCCN2C(=O)CCn2ccc(=O)[nH]c2=O)nc2ccccc21. The molecular weight excluding hydrogens is 346 g/mol. The topological polar surface area (TPSA) is 93.0 Å². The van der Waals surface area contributed by atoms with Gasteiger partial charge in [-0.2, -0.15) is 0 Å². The lowest BCUT2D eigenvalue weighted by Crippen LogP contribution is -2.34. The Balaban J connectivity index is 1.53. The first-order valence-electron chi connectivity index (χ1n) is 9.05. The number of H-pyrrole nitrogens is 1. The smallest absolute Gasteiger partial charge is 0.328 e. The number of amides is 1. The van der Waals surface area contributed by atoms with E-state index >= 15 is 0 Å². The number of carbonyl (C=O) groups excluding carboxylic acids is 1. The van der Waals surface area contributed by atoms with E-state index < -0.39 is 11.2 Å². The van der Waals surface area contributed by atoms with Crippen LogP contribution in [0.25, 0.3) is 11.0 Å². The number of para-hydroxylation sites is 2. The second kappa shape index (κ2) is 6.86. The first-order valence-corrected chi connectivity index (χ1v) is 9.05. The summed E-state index contributed by atoms with van der Waals surface area (Å²) in [5, 5.41) is 0. The van der Waals surface area contributed by atoms with Crippen LogP contribution in [-0.4, -0.2) is 36.5 Å². The molecule has 3 aromatic rings. The molecule has 27 heavy (non-hydrogen) atoms. The van der Waals surface area contributed by atoms with E-state index in [9.17, 15) is 14.4 Å². The molecule has 1 amide bonds. The largest absolute Gasteiger partial charge is 0.332 e. The molecular formula is C19H21N5O3. The van der Waals surface area contributed by atoms with Gasteiger partial charge in [-0.05, 0) is 25.0 Å². The van der Waals surface area contributed by atoms with Crippen molar-refractivity contribution >= 4 is 16.9 Å². The van der Waals surface area contributed by atoms with Crippen LogP contribution in [-0.2, 0) is 18.4 Å². The molecule has 0 spiro atoms. The second-order valence-electron chi connectivity index (χ2n) is 6.82. The molecule has 1 saturated heterocycles. The van der Waals surface area contributed by atoms with Gasteiger partial charge in [0.25, 0.3) is 5.56 Å². The lowest BCUT2D eigenvalue weighted by Gasteiger charge is -2.24. The van der Waals surface area contributed by atoms with E-state index in [-0.39, 0.29) is 24.9 Å². The zero-order valence-corrected chi connectivity index (χ0v) is 15.1. The van der Waals surface area contributed by atoms with Gasteiger partial charge < -0.3 is 14.0 Å². The number of imidazole rings is 1. The van der Waals surface area contributed by atoms with E-state index in [4.69, 9.17) is 4.98 Å². The number of likely N-dealkylation sites (tertiary alicyclic amines) is 1. The highest BCUT2D eigenvalue weighted by molar-refractivity contribution is 5.78. The van der Waals surface area contributed by atoms with E-state index in [0.717, 1.165) is 29.7 Å². The first kappa shape index (κ1) is 17.3. The van der Waals surface area contributed by atoms with E-state index in [1.807, 2.05) is 36.2 Å². The Morgan fingerprint density at radius 3 is 2.85 bits per heavy atom. The van der Waals surface area contributed by atoms with E-state index in [2.05, 4.69) is 9.55 Å². The molecule has 1 aromatic carbocycles. The van der Waals surface area contributed by atoms with Gasteiger partial charge >= 0.3 is 5.69 Å². The fraction of sp³-hybridized carbons (Fsp3) is 0.368. The average Bonchev–Trinajstić information content (AvgIpc) is 3.26. The van der Waals surface area contributed by atoms with E-state index in [1.165, 1.54) is 16.8 Å². The van der Waals surface area contributed by atoms with Crippen molar-refractivity contribution < 1.29 is 4.79 Å². The third kappa shape index (κ3) is 3.18. The molecule has 3 heterocycles. The summed E-state index contributed by atoms with van der Waals surface area (Å²) in [6, 6.07) is 9.16. The zero-order chi connectivity index (χ0) is 19.0. The summed E-state index contributed by atoms with van der Waals surface area (Å²) in [6.07, 6.45) is 3.42. The maximum absolute atomic E-state index is 12.8.